The van der Waals surface area contributed by atoms with E-state index in [1.54, 1.807) is 18.2 Å². The highest BCUT2D eigenvalue weighted by Crippen LogP contribution is 2.16. The average molecular weight is 286 g/mol. The van der Waals surface area contributed by atoms with Crippen molar-refractivity contribution in [3.05, 3.63) is 29.8 Å². The van der Waals surface area contributed by atoms with Crippen molar-refractivity contribution in [1.29, 1.82) is 0 Å². The largest absolute Gasteiger partial charge is 0.507 e. The predicted molar refractivity (Wildman–Crippen MR) is 68.0 cm³/mol. The first-order valence-electron chi connectivity index (χ1n) is 5.23. The van der Waals surface area contributed by atoms with Crippen molar-refractivity contribution in [2.24, 2.45) is 0 Å². The summed E-state index contributed by atoms with van der Waals surface area (Å²) in [7, 11) is 0. The lowest BCUT2D eigenvalue weighted by Gasteiger charge is -2.15. The van der Waals surface area contributed by atoms with Crippen molar-refractivity contribution >= 4 is 21.8 Å². The Balaban J connectivity index is 2.63. The highest BCUT2D eigenvalue weighted by molar-refractivity contribution is 9.09. The molecule has 16 heavy (non-hydrogen) atoms. The zero-order chi connectivity index (χ0) is 12.1. The molecule has 0 heterocycles. The maximum atomic E-state index is 11.8. The van der Waals surface area contributed by atoms with Gasteiger partial charge in [0.05, 0.1) is 5.56 Å². The molecular weight excluding hydrogens is 270 g/mol. The van der Waals surface area contributed by atoms with Gasteiger partial charge in [0.15, 0.2) is 0 Å². The van der Waals surface area contributed by atoms with Crippen LogP contribution < -0.4 is 5.32 Å². The number of nitrogens with one attached hydrogen (secondary N) is 1. The molecule has 0 aliphatic rings. The minimum Gasteiger partial charge on any atom is -0.507 e. The predicted octanol–water partition coefficient (Wildman–Crippen LogP) is 2.68. The molecule has 0 aromatic heterocycles. The summed E-state index contributed by atoms with van der Waals surface area (Å²) in [5, 5.41) is 12.3. The summed E-state index contributed by atoms with van der Waals surface area (Å²) in [5.74, 6) is -0.224. The molecule has 1 amide bonds. The summed E-state index contributed by atoms with van der Waals surface area (Å²) in [5.41, 5.74) is 0.316. The van der Waals surface area contributed by atoms with E-state index < -0.39 is 0 Å². The van der Waals surface area contributed by atoms with Crippen molar-refractivity contribution in [2.75, 3.05) is 0 Å². The molecule has 0 radical (unpaired) electrons. The number of hydrogen-bond acceptors (Lipinski definition) is 2. The van der Waals surface area contributed by atoms with Crippen molar-refractivity contribution < 1.29 is 9.90 Å². The Morgan fingerprint density at radius 1 is 1.44 bits per heavy atom. The lowest BCUT2D eigenvalue weighted by molar-refractivity contribution is 0.0936. The molecule has 1 aromatic carbocycles. The van der Waals surface area contributed by atoms with Gasteiger partial charge >= 0.3 is 0 Å². The van der Waals surface area contributed by atoms with E-state index in [-0.39, 0.29) is 17.7 Å². The van der Waals surface area contributed by atoms with Gasteiger partial charge in [-0.3, -0.25) is 4.79 Å². The molecule has 0 aliphatic heterocycles. The van der Waals surface area contributed by atoms with Gasteiger partial charge < -0.3 is 10.4 Å². The second-order valence-electron chi connectivity index (χ2n) is 3.91. The topological polar surface area (TPSA) is 49.3 Å². The molecule has 0 spiro atoms. The highest BCUT2D eigenvalue weighted by atomic mass is 79.9. The van der Waals surface area contributed by atoms with Crippen LogP contribution in [0.5, 0.6) is 5.75 Å². The van der Waals surface area contributed by atoms with Crippen LogP contribution in [-0.4, -0.2) is 21.9 Å². The number of halogens is 1. The van der Waals surface area contributed by atoms with E-state index in [1.807, 2.05) is 13.8 Å². The number of rotatable bonds is 4. The normalized spacial score (nSPS) is 14.2. The Hall–Kier alpha value is -1.03. The maximum absolute atomic E-state index is 11.8. The third-order valence-electron chi connectivity index (χ3n) is 2.20. The van der Waals surface area contributed by atoms with E-state index in [0.29, 0.717) is 10.4 Å². The molecule has 0 aliphatic carbocycles. The van der Waals surface area contributed by atoms with Crippen LogP contribution in [0.4, 0.5) is 0 Å². The summed E-state index contributed by atoms with van der Waals surface area (Å²) in [6, 6.07) is 6.60. The number of carbonyl (C=O) groups excluding carboxylic acids is 1. The number of alkyl halides is 1. The maximum Gasteiger partial charge on any atom is 0.255 e. The summed E-state index contributed by atoms with van der Waals surface area (Å²) in [6.45, 7) is 3.97. The average Bonchev–Trinajstić information content (AvgIpc) is 2.16. The summed E-state index contributed by atoms with van der Waals surface area (Å²) < 4.78 is 0. The van der Waals surface area contributed by atoms with Gasteiger partial charge in [-0.15, -0.1) is 0 Å². The van der Waals surface area contributed by atoms with Crippen LogP contribution in [-0.2, 0) is 0 Å². The molecule has 0 saturated heterocycles. The number of benzene rings is 1. The third kappa shape index (κ3) is 3.85. The van der Waals surface area contributed by atoms with Crippen LogP contribution in [0.25, 0.3) is 0 Å². The van der Waals surface area contributed by atoms with Crippen LogP contribution >= 0.6 is 15.9 Å². The van der Waals surface area contributed by atoms with Crippen molar-refractivity contribution in [3.63, 3.8) is 0 Å². The number of aromatic hydroxyl groups is 1. The first kappa shape index (κ1) is 13.0. The first-order chi connectivity index (χ1) is 7.50. The molecule has 0 bridgehead atoms. The van der Waals surface area contributed by atoms with E-state index in [4.69, 9.17) is 0 Å². The van der Waals surface area contributed by atoms with Gasteiger partial charge in [0, 0.05) is 10.9 Å². The molecule has 1 rings (SSSR count). The molecule has 0 saturated carbocycles. The van der Waals surface area contributed by atoms with E-state index >= 15 is 0 Å². The monoisotopic (exact) mass is 285 g/mol. The second-order valence-corrected chi connectivity index (χ2v) is 5.47. The summed E-state index contributed by atoms with van der Waals surface area (Å²) in [6.07, 6.45) is 0.847. The van der Waals surface area contributed by atoms with Gasteiger partial charge in [-0.2, -0.15) is 0 Å². The Bertz CT molecular complexity index is 366. The lowest BCUT2D eigenvalue weighted by atomic mass is 10.1. The molecule has 3 nitrogen and oxygen atoms in total. The van der Waals surface area contributed by atoms with Gasteiger partial charge in [-0.25, -0.2) is 0 Å². The number of phenolic OH excluding ortho intramolecular Hbond substituents is 1. The van der Waals surface area contributed by atoms with Gasteiger partial charge in [0.1, 0.15) is 5.75 Å². The molecule has 0 fully saturated rings. The zero-order valence-electron chi connectivity index (χ0n) is 9.40. The van der Waals surface area contributed by atoms with Crippen LogP contribution in [0.3, 0.4) is 0 Å². The summed E-state index contributed by atoms with van der Waals surface area (Å²) in [4.78, 5) is 12.1. The Labute approximate surface area is 104 Å². The third-order valence-corrected chi connectivity index (χ3v) is 2.58. The Morgan fingerprint density at radius 3 is 2.62 bits per heavy atom. The fourth-order valence-corrected chi connectivity index (χ4v) is 2.07. The highest BCUT2D eigenvalue weighted by Gasteiger charge is 2.13. The fraction of sp³-hybridized carbons (Fsp3) is 0.417. The van der Waals surface area contributed by atoms with Crippen LogP contribution in [0.1, 0.15) is 30.6 Å². The second kappa shape index (κ2) is 5.89. The molecule has 2 N–H and O–H groups in total. The SMILES string of the molecule is CC(Br)CC(C)NC(=O)c1ccccc1O. The van der Waals surface area contributed by atoms with E-state index in [2.05, 4.69) is 21.2 Å². The molecule has 4 heteroatoms. The number of carbonyl (C=O) groups is 1. The molecule has 1 aromatic rings. The van der Waals surface area contributed by atoms with Gasteiger partial charge in [0.2, 0.25) is 0 Å². The minimum atomic E-state index is -0.237. The standard InChI is InChI=1S/C12H16BrNO2/c1-8(13)7-9(2)14-12(16)10-5-3-4-6-11(10)15/h3-6,8-9,15H,7H2,1-2H3,(H,14,16). The van der Waals surface area contributed by atoms with Crippen LogP contribution in [0.2, 0.25) is 0 Å². The van der Waals surface area contributed by atoms with Crippen molar-refractivity contribution in [3.8, 4) is 5.75 Å². The van der Waals surface area contributed by atoms with E-state index in [1.165, 1.54) is 6.07 Å². The number of para-hydroxylation sites is 1. The minimum absolute atomic E-state index is 0.0130. The van der Waals surface area contributed by atoms with Gasteiger partial charge in [0.25, 0.3) is 5.91 Å². The fourth-order valence-electron chi connectivity index (χ4n) is 1.51. The summed E-state index contributed by atoms with van der Waals surface area (Å²) >= 11 is 3.43. The molecule has 2 unspecified atom stereocenters. The van der Waals surface area contributed by atoms with E-state index in [9.17, 15) is 9.90 Å². The zero-order valence-corrected chi connectivity index (χ0v) is 11.0. The molecular formula is C12H16BrNO2. The molecule has 88 valence electrons. The quantitative estimate of drug-likeness (QED) is 0.836. The van der Waals surface area contributed by atoms with Gasteiger partial charge in [-0.05, 0) is 25.5 Å². The first-order valence-corrected chi connectivity index (χ1v) is 6.15. The van der Waals surface area contributed by atoms with E-state index in [0.717, 1.165) is 6.42 Å². The van der Waals surface area contributed by atoms with Crippen LogP contribution in [0, 0.1) is 0 Å². The lowest BCUT2D eigenvalue weighted by Crippen LogP contribution is -2.33. The van der Waals surface area contributed by atoms with Crippen LogP contribution in [0.15, 0.2) is 24.3 Å². The van der Waals surface area contributed by atoms with Crippen molar-refractivity contribution in [2.45, 2.75) is 31.1 Å². The Morgan fingerprint density at radius 2 is 2.06 bits per heavy atom. The van der Waals surface area contributed by atoms with Gasteiger partial charge in [-0.1, -0.05) is 35.0 Å². The number of hydrogen-bond donors (Lipinski definition) is 2. The smallest absolute Gasteiger partial charge is 0.255 e. The number of amides is 1. The Kier molecular flexibility index (Phi) is 4.80. The molecule has 2 atom stereocenters. The number of phenols is 1. The van der Waals surface area contributed by atoms with Crippen molar-refractivity contribution in [1.82, 2.24) is 5.32 Å².